The third-order valence-electron chi connectivity index (χ3n) is 7.53. The fourth-order valence-corrected chi connectivity index (χ4v) is 5.33. The lowest BCUT2D eigenvalue weighted by atomic mass is 9.88. The number of aromatic nitrogens is 3. The quantitative estimate of drug-likeness (QED) is 0.227. The highest BCUT2D eigenvalue weighted by atomic mass is 19.4. The van der Waals surface area contributed by atoms with Gasteiger partial charge in [-0.15, -0.1) is 0 Å². The highest BCUT2D eigenvalue weighted by molar-refractivity contribution is 5.97. The van der Waals surface area contributed by atoms with Crippen LogP contribution >= 0.6 is 0 Å². The standard InChI is InChI=1S/C27H32F5N7O2.C2H6/c1-12-5-7-34-8-9-35-23-17-22(37-25(38-23)39-10-6-16(39)26(3,4)40)20(29)21(36-24(17)41-12)14-11-15(33)19(28)13(2)18(14)27(30,31)32;1-2/h11-12,16,34,40H,5-10,33H2,1-4H3,(H,35,37,38);1-2H3. The van der Waals surface area contributed by atoms with Gasteiger partial charge in [-0.05, 0) is 58.7 Å². The Bertz CT molecular complexity index is 1490. The lowest BCUT2D eigenvalue weighted by Crippen LogP contribution is -2.59. The molecular weight excluding hydrogens is 573 g/mol. The van der Waals surface area contributed by atoms with Gasteiger partial charge >= 0.3 is 6.18 Å². The molecule has 0 radical (unpaired) electrons. The van der Waals surface area contributed by atoms with Crippen molar-refractivity contribution in [1.82, 2.24) is 20.3 Å². The molecule has 0 amide bonds. The second kappa shape index (κ2) is 12.2. The van der Waals surface area contributed by atoms with Crippen molar-refractivity contribution in [3.63, 3.8) is 0 Å². The number of anilines is 3. The largest absolute Gasteiger partial charge is 0.474 e. The van der Waals surface area contributed by atoms with Crippen LogP contribution in [0.25, 0.3) is 22.2 Å². The molecule has 1 saturated heterocycles. The molecule has 43 heavy (non-hydrogen) atoms. The molecule has 1 aromatic carbocycles. The Morgan fingerprint density at radius 2 is 1.74 bits per heavy atom. The Hall–Kier alpha value is -3.52. The molecule has 14 heteroatoms. The molecular formula is C29H38F5N7O2. The SMILES string of the molecule is CC.Cc1c(F)c(N)cc(-c2nc3c4c(nc(N5CCC5C(C)(C)O)nc4c2F)NCCNCCC(C)O3)c1C(F)(F)F. The monoisotopic (exact) mass is 611 g/mol. The van der Waals surface area contributed by atoms with E-state index in [2.05, 4.69) is 25.6 Å². The number of nitrogens with two attached hydrogens (primary N) is 1. The van der Waals surface area contributed by atoms with Crippen LogP contribution in [0.15, 0.2) is 6.07 Å². The van der Waals surface area contributed by atoms with Crippen LogP contribution in [0, 0.1) is 18.6 Å². The molecule has 2 aliphatic heterocycles. The number of ether oxygens (including phenoxy) is 1. The molecule has 0 aliphatic carbocycles. The molecule has 5 N–H and O–H groups in total. The van der Waals surface area contributed by atoms with Crippen LogP contribution in [0.3, 0.4) is 0 Å². The van der Waals surface area contributed by atoms with Crippen LogP contribution in [0.1, 0.15) is 58.6 Å². The zero-order chi connectivity index (χ0) is 31.9. The Kier molecular flexibility index (Phi) is 9.21. The van der Waals surface area contributed by atoms with E-state index in [1.54, 1.807) is 25.7 Å². The fourth-order valence-electron chi connectivity index (χ4n) is 5.33. The van der Waals surface area contributed by atoms with E-state index in [1.165, 1.54) is 0 Å². The average molecular weight is 612 g/mol. The lowest BCUT2D eigenvalue weighted by molar-refractivity contribution is -0.137. The zero-order valence-corrected chi connectivity index (χ0v) is 25.1. The summed E-state index contributed by atoms with van der Waals surface area (Å²) in [6, 6.07) is 0.363. The van der Waals surface area contributed by atoms with Gasteiger partial charge in [0.25, 0.3) is 0 Å². The molecule has 0 saturated carbocycles. The lowest BCUT2D eigenvalue weighted by Gasteiger charge is -2.47. The Morgan fingerprint density at radius 3 is 2.35 bits per heavy atom. The number of rotatable bonds is 3. The summed E-state index contributed by atoms with van der Waals surface area (Å²) in [6.45, 7) is 12.0. The summed E-state index contributed by atoms with van der Waals surface area (Å²) in [6.07, 6.45) is -4.34. The minimum Gasteiger partial charge on any atom is -0.474 e. The van der Waals surface area contributed by atoms with E-state index < -0.39 is 57.6 Å². The Labute approximate surface area is 247 Å². The zero-order valence-electron chi connectivity index (χ0n) is 25.1. The number of hydrogen-bond donors (Lipinski definition) is 4. The van der Waals surface area contributed by atoms with E-state index in [-0.39, 0.29) is 34.6 Å². The van der Waals surface area contributed by atoms with Gasteiger partial charge in [-0.25, -0.2) is 18.7 Å². The normalized spacial score (nSPS) is 19.4. The summed E-state index contributed by atoms with van der Waals surface area (Å²) >= 11 is 0. The second-order valence-corrected chi connectivity index (χ2v) is 11.0. The van der Waals surface area contributed by atoms with Gasteiger partial charge in [0.05, 0.1) is 29.0 Å². The first kappa shape index (κ1) is 32.4. The molecule has 3 aromatic rings. The molecule has 9 nitrogen and oxygen atoms in total. The average Bonchev–Trinajstić information content (AvgIpc) is 2.92. The van der Waals surface area contributed by atoms with Crippen LogP contribution in [0.5, 0.6) is 5.88 Å². The third-order valence-corrected chi connectivity index (χ3v) is 7.53. The van der Waals surface area contributed by atoms with Crippen molar-refractivity contribution in [3.05, 3.63) is 28.8 Å². The Morgan fingerprint density at radius 1 is 1.05 bits per heavy atom. The van der Waals surface area contributed by atoms with E-state index in [0.717, 1.165) is 13.0 Å². The van der Waals surface area contributed by atoms with E-state index in [4.69, 9.17) is 10.5 Å². The Balaban J connectivity index is 0.00000207. The number of aliphatic hydroxyl groups is 1. The van der Waals surface area contributed by atoms with E-state index in [0.29, 0.717) is 39.0 Å². The van der Waals surface area contributed by atoms with Crippen molar-refractivity contribution in [2.24, 2.45) is 0 Å². The highest BCUT2D eigenvalue weighted by Gasteiger charge is 2.42. The number of nitrogens with zero attached hydrogens (tertiary/aromatic N) is 4. The van der Waals surface area contributed by atoms with Gasteiger partial charge in [0.2, 0.25) is 11.8 Å². The number of nitrogens with one attached hydrogen (secondary N) is 2. The van der Waals surface area contributed by atoms with Gasteiger partial charge < -0.3 is 31.1 Å². The molecule has 2 unspecified atom stereocenters. The number of hydrogen-bond acceptors (Lipinski definition) is 9. The summed E-state index contributed by atoms with van der Waals surface area (Å²) in [4.78, 5) is 15.0. The summed E-state index contributed by atoms with van der Waals surface area (Å²) in [5, 5.41) is 17.1. The van der Waals surface area contributed by atoms with E-state index in [1.807, 2.05) is 13.8 Å². The molecule has 2 aliphatic rings. The molecule has 236 valence electrons. The fraction of sp³-hybridized carbons (Fsp3) is 0.552. The predicted molar refractivity (Wildman–Crippen MR) is 156 cm³/mol. The van der Waals surface area contributed by atoms with Crippen molar-refractivity contribution >= 4 is 28.4 Å². The van der Waals surface area contributed by atoms with Crippen molar-refractivity contribution < 1.29 is 31.8 Å². The van der Waals surface area contributed by atoms with Crippen molar-refractivity contribution in [1.29, 1.82) is 0 Å². The number of benzene rings is 1. The van der Waals surface area contributed by atoms with Crippen LogP contribution in [-0.2, 0) is 6.18 Å². The molecule has 4 heterocycles. The van der Waals surface area contributed by atoms with Gasteiger partial charge in [0.1, 0.15) is 28.2 Å². The van der Waals surface area contributed by atoms with Crippen molar-refractivity contribution in [2.45, 2.75) is 78.3 Å². The van der Waals surface area contributed by atoms with Gasteiger partial charge in [0, 0.05) is 25.2 Å². The number of pyridine rings is 1. The summed E-state index contributed by atoms with van der Waals surface area (Å²) in [7, 11) is 0. The predicted octanol–water partition coefficient (Wildman–Crippen LogP) is 5.43. The maximum absolute atomic E-state index is 16.5. The maximum Gasteiger partial charge on any atom is 0.417 e. The third kappa shape index (κ3) is 6.26. The number of alkyl halides is 3. The summed E-state index contributed by atoms with van der Waals surface area (Å²) < 4.78 is 79.8. The summed E-state index contributed by atoms with van der Waals surface area (Å²) in [5.74, 6) is -2.32. The number of halogens is 5. The first-order valence-electron chi connectivity index (χ1n) is 14.4. The van der Waals surface area contributed by atoms with Gasteiger partial charge in [-0.3, -0.25) is 0 Å². The molecule has 5 rings (SSSR count). The first-order chi connectivity index (χ1) is 20.2. The number of nitrogen functional groups attached to an aromatic ring is 1. The highest BCUT2D eigenvalue weighted by Crippen LogP contribution is 2.45. The van der Waals surface area contributed by atoms with Crippen LogP contribution in [0.4, 0.5) is 39.4 Å². The molecule has 0 bridgehead atoms. The van der Waals surface area contributed by atoms with Crippen molar-refractivity contribution in [3.8, 4) is 17.1 Å². The molecule has 1 fully saturated rings. The van der Waals surface area contributed by atoms with Crippen molar-refractivity contribution in [2.75, 3.05) is 42.1 Å². The maximum atomic E-state index is 16.5. The van der Waals surface area contributed by atoms with Gasteiger partial charge in [0.15, 0.2) is 5.82 Å². The first-order valence-corrected chi connectivity index (χ1v) is 14.4. The second-order valence-electron chi connectivity index (χ2n) is 11.0. The van der Waals surface area contributed by atoms with Gasteiger partial charge in [-0.2, -0.15) is 18.2 Å². The van der Waals surface area contributed by atoms with E-state index >= 15 is 4.39 Å². The smallest absolute Gasteiger partial charge is 0.417 e. The molecule has 2 atom stereocenters. The van der Waals surface area contributed by atoms with Crippen LogP contribution in [-0.4, -0.2) is 64.0 Å². The minimum atomic E-state index is -5.04. The topological polar surface area (TPSA) is 121 Å². The minimum absolute atomic E-state index is 0.0597. The molecule has 0 spiro atoms. The van der Waals surface area contributed by atoms with Crippen LogP contribution in [0.2, 0.25) is 0 Å². The van der Waals surface area contributed by atoms with Gasteiger partial charge in [-0.1, -0.05) is 13.8 Å². The molecule has 2 aromatic heterocycles. The van der Waals surface area contributed by atoms with E-state index in [9.17, 15) is 22.7 Å². The van der Waals surface area contributed by atoms with Crippen LogP contribution < -0.4 is 26.0 Å². The summed E-state index contributed by atoms with van der Waals surface area (Å²) in [5.41, 5.74) is 0.0463.